The summed E-state index contributed by atoms with van der Waals surface area (Å²) in [5.41, 5.74) is 2.19. The normalized spacial score (nSPS) is 31.1. The molecule has 1 aromatic carbocycles. The fraction of sp³-hybridized carbons (Fsp3) is 0.647. The van der Waals surface area contributed by atoms with Crippen LogP contribution in [0.1, 0.15) is 31.7 Å². The summed E-state index contributed by atoms with van der Waals surface area (Å²) in [6.07, 6.45) is 4.36. The zero-order valence-corrected chi connectivity index (χ0v) is 12.7. The highest BCUT2D eigenvalue weighted by atomic mass is 16.3. The summed E-state index contributed by atoms with van der Waals surface area (Å²) in [7, 11) is 2.11. The van der Waals surface area contributed by atoms with Crippen molar-refractivity contribution in [2.45, 2.75) is 44.2 Å². The number of benzene rings is 1. The van der Waals surface area contributed by atoms with Gasteiger partial charge in [-0.2, -0.15) is 0 Å². The minimum Gasteiger partial charge on any atom is -0.387 e. The molecule has 0 unspecified atom stereocenters. The van der Waals surface area contributed by atoms with E-state index in [4.69, 9.17) is 0 Å². The lowest BCUT2D eigenvalue weighted by atomic mass is 9.89. The number of likely N-dealkylation sites (tertiary alicyclic amines) is 1. The molecule has 2 aliphatic rings. The van der Waals surface area contributed by atoms with E-state index in [0.29, 0.717) is 6.04 Å². The number of para-hydroxylation sites is 1. The maximum atomic E-state index is 11.0. The summed E-state index contributed by atoms with van der Waals surface area (Å²) in [5.74, 6) is 0. The molecule has 1 fully saturated rings. The first-order valence-corrected chi connectivity index (χ1v) is 7.83. The molecule has 0 aromatic heterocycles. The van der Waals surface area contributed by atoms with E-state index in [1.165, 1.54) is 17.7 Å². The molecule has 0 spiro atoms. The van der Waals surface area contributed by atoms with Crippen molar-refractivity contribution in [1.29, 1.82) is 0 Å². The van der Waals surface area contributed by atoms with Crippen LogP contribution in [0.2, 0.25) is 0 Å². The van der Waals surface area contributed by atoms with Gasteiger partial charge in [-0.3, -0.25) is 0 Å². The van der Waals surface area contributed by atoms with Gasteiger partial charge >= 0.3 is 0 Å². The third kappa shape index (κ3) is 2.70. The van der Waals surface area contributed by atoms with Crippen LogP contribution < -0.4 is 4.90 Å². The van der Waals surface area contributed by atoms with Crippen LogP contribution in [0.3, 0.4) is 0 Å². The highest BCUT2D eigenvalue weighted by molar-refractivity contribution is 5.56. The number of fused-ring (bicyclic) bond motifs is 1. The van der Waals surface area contributed by atoms with Gasteiger partial charge in [-0.15, -0.1) is 0 Å². The minimum absolute atomic E-state index is 0.515. The Kier molecular flexibility index (Phi) is 3.74. The number of aliphatic hydroxyl groups is 1. The molecule has 110 valence electrons. The van der Waals surface area contributed by atoms with E-state index in [1.54, 1.807) is 0 Å². The zero-order valence-electron chi connectivity index (χ0n) is 12.7. The molecule has 1 N–H and O–H groups in total. The molecule has 0 saturated carbocycles. The van der Waals surface area contributed by atoms with Crippen LogP contribution in [0, 0.1) is 0 Å². The monoisotopic (exact) mass is 274 g/mol. The molecule has 0 aliphatic carbocycles. The van der Waals surface area contributed by atoms with Gasteiger partial charge in [0.25, 0.3) is 0 Å². The topological polar surface area (TPSA) is 26.7 Å². The van der Waals surface area contributed by atoms with Gasteiger partial charge in [0.1, 0.15) is 0 Å². The van der Waals surface area contributed by atoms with Crippen molar-refractivity contribution < 1.29 is 5.11 Å². The molecular formula is C17H26N2O. The molecule has 1 aromatic rings. The van der Waals surface area contributed by atoms with Crippen molar-refractivity contribution in [2.24, 2.45) is 0 Å². The van der Waals surface area contributed by atoms with Crippen molar-refractivity contribution in [3.63, 3.8) is 0 Å². The molecule has 2 heterocycles. The van der Waals surface area contributed by atoms with Crippen LogP contribution in [0.25, 0.3) is 0 Å². The maximum absolute atomic E-state index is 11.0. The summed E-state index contributed by atoms with van der Waals surface area (Å²) in [5, 5.41) is 11.0. The molecule has 20 heavy (non-hydrogen) atoms. The van der Waals surface area contributed by atoms with Crippen LogP contribution in [-0.4, -0.2) is 48.3 Å². The Labute approximate surface area is 122 Å². The quantitative estimate of drug-likeness (QED) is 0.896. The van der Waals surface area contributed by atoms with Crippen molar-refractivity contribution in [2.75, 3.05) is 31.6 Å². The Morgan fingerprint density at radius 3 is 2.95 bits per heavy atom. The van der Waals surface area contributed by atoms with E-state index < -0.39 is 5.60 Å². The number of rotatable bonds is 2. The molecule has 3 nitrogen and oxygen atoms in total. The Balaban J connectivity index is 1.82. The molecule has 3 heteroatoms. The molecule has 2 atom stereocenters. The maximum Gasteiger partial charge on any atom is 0.0948 e. The lowest BCUT2D eigenvalue weighted by molar-refractivity contribution is -0.0178. The molecule has 0 radical (unpaired) electrons. The summed E-state index contributed by atoms with van der Waals surface area (Å²) in [4.78, 5) is 4.68. The highest BCUT2D eigenvalue weighted by Gasteiger charge is 2.36. The van der Waals surface area contributed by atoms with Crippen molar-refractivity contribution in [3.8, 4) is 0 Å². The SMILES string of the molecule is C[C@H]1CCc2ccccc2N1C[C@@]1(O)CCCN(C)C1. The average molecular weight is 274 g/mol. The summed E-state index contributed by atoms with van der Waals surface area (Å²) in [6.45, 7) is 4.94. The third-order valence-electron chi connectivity index (χ3n) is 4.88. The molecule has 3 rings (SSSR count). The lowest BCUT2D eigenvalue weighted by Crippen LogP contribution is -2.55. The standard InChI is InChI=1S/C17H26N2O/c1-14-8-9-15-6-3-4-7-16(15)19(14)13-17(20)10-5-11-18(2)12-17/h3-4,6-7,14,20H,5,8-13H2,1-2H3/t14-,17+/m0/s1. The second kappa shape index (κ2) is 5.38. The molecule has 1 saturated heterocycles. The van der Waals surface area contributed by atoms with Gasteiger partial charge in [0.05, 0.1) is 5.60 Å². The van der Waals surface area contributed by atoms with Crippen LogP contribution in [0.4, 0.5) is 5.69 Å². The largest absolute Gasteiger partial charge is 0.387 e. The van der Waals surface area contributed by atoms with Crippen LogP contribution in [0.5, 0.6) is 0 Å². The Hall–Kier alpha value is -1.06. The van der Waals surface area contributed by atoms with E-state index in [0.717, 1.165) is 38.9 Å². The zero-order chi connectivity index (χ0) is 14.2. The number of aryl methyl sites for hydroxylation is 1. The first-order chi connectivity index (χ1) is 9.57. The van der Waals surface area contributed by atoms with Crippen molar-refractivity contribution in [3.05, 3.63) is 29.8 Å². The van der Waals surface area contributed by atoms with Gasteiger partial charge in [-0.05, 0) is 57.8 Å². The Morgan fingerprint density at radius 2 is 2.15 bits per heavy atom. The second-order valence-electron chi connectivity index (χ2n) is 6.71. The third-order valence-corrected chi connectivity index (χ3v) is 4.88. The number of hydrogen-bond donors (Lipinski definition) is 1. The van der Waals surface area contributed by atoms with Crippen molar-refractivity contribution in [1.82, 2.24) is 4.90 Å². The Morgan fingerprint density at radius 1 is 1.35 bits per heavy atom. The van der Waals surface area contributed by atoms with E-state index >= 15 is 0 Å². The molecular weight excluding hydrogens is 248 g/mol. The van der Waals surface area contributed by atoms with E-state index in [-0.39, 0.29) is 0 Å². The summed E-state index contributed by atoms with van der Waals surface area (Å²) < 4.78 is 0. The summed E-state index contributed by atoms with van der Waals surface area (Å²) >= 11 is 0. The van der Waals surface area contributed by atoms with Gasteiger partial charge in [-0.1, -0.05) is 18.2 Å². The number of nitrogens with zero attached hydrogens (tertiary/aromatic N) is 2. The van der Waals surface area contributed by atoms with E-state index in [2.05, 4.69) is 48.0 Å². The number of β-amino-alcohol motifs (C(OH)–C–C–N with tert-alkyl or cyclic N) is 1. The smallest absolute Gasteiger partial charge is 0.0948 e. The van der Waals surface area contributed by atoms with E-state index in [9.17, 15) is 5.11 Å². The first-order valence-electron chi connectivity index (χ1n) is 7.83. The summed E-state index contributed by atoms with van der Waals surface area (Å²) in [6, 6.07) is 9.18. The minimum atomic E-state index is -0.564. The van der Waals surface area contributed by atoms with E-state index in [1.807, 2.05) is 0 Å². The first kappa shape index (κ1) is 13.9. The molecule has 2 aliphatic heterocycles. The van der Waals surface area contributed by atoms with Gasteiger partial charge in [0.15, 0.2) is 0 Å². The van der Waals surface area contributed by atoms with Crippen LogP contribution in [-0.2, 0) is 6.42 Å². The number of piperidine rings is 1. The molecule has 0 amide bonds. The average Bonchev–Trinajstić information content (AvgIpc) is 2.42. The predicted molar refractivity (Wildman–Crippen MR) is 83.3 cm³/mol. The van der Waals surface area contributed by atoms with Gasteiger partial charge in [-0.25, -0.2) is 0 Å². The van der Waals surface area contributed by atoms with Gasteiger partial charge in [0, 0.05) is 24.8 Å². The molecule has 0 bridgehead atoms. The number of hydrogen-bond acceptors (Lipinski definition) is 3. The highest BCUT2D eigenvalue weighted by Crippen LogP contribution is 2.33. The fourth-order valence-corrected chi connectivity index (χ4v) is 3.79. The fourth-order valence-electron chi connectivity index (χ4n) is 3.79. The number of anilines is 1. The lowest BCUT2D eigenvalue weighted by Gasteiger charge is -2.45. The van der Waals surface area contributed by atoms with Crippen molar-refractivity contribution >= 4 is 5.69 Å². The van der Waals surface area contributed by atoms with Gasteiger partial charge < -0.3 is 14.9 Å². The number of likely N-dealkylation sites (N-methyl/N-ethyl adjacent to an activating group) is 1. The van der Waals surface area contributed by atoms with Crippen LogP contribution >= 0.6 is 0 Å². The second-order valence-corrected chi connectivity index (χ2v) is 6.71. The Bertz CT molecular complexity index is 476. The predicted octanol–water partition coefficient (Wildman–Crippen LogP) is 2.28. The van der Waals surface area contributed by atoms with Crippen LogP contribution in [0.15, 0.2) is 24.3 Å². The van der Waals surface area contributed by atoms with Gasteiger partial charge in [0.2, 0.25) is 0 Å².